The molecule has 1 aromatic rings. The molecule has 0 saturated heterocycles. The Balaban J connectivity index is 2.12. The molecule has 0 radical (unpaired) electrons. The summed E-state index contributed by atoms with van der Waals surface area (Å²) in [5.74, 6) is 0.812. The molecular formula is C13H23N3S. The molecule has 2 N–H and O–H groups in total. The van der Waals surface area contributed by atoms with Crippen LogP contribution in [0.1, 0.15) is 41.4 Å². The van der Waals surface area contributed by atoms with Crippen molar-refractivity contribution in [2.24, 2.45) is 11.7 Å². The summed E-state index contributed by atoms with van der Waals surface area (Å²) in [6.45, 7) is 7.24. The first-order chi connectivity index (χ1) is 8.04. The summed E-state index contributed by atoms with van der Waals surface area (Å²) in [5.41, 5.74) is 7.14. The summed E-state index contributed by atoms with van der Waals surface area (Å²) >= 11 is 1.79. The van der Waals surface area contributed by atoms with Crippen LogP contribution in [0.25, 0.3) is 0 Å². The fourth-order valence-electron chi connectivity index (χ4n) is 2.58. The molecule has 1 aromatic heterocycles. The highest BCUT2D eigenvalue weighted by Gasteiger charge is 2.35. The normalized spacial score (nSPS) is 19.6. The van der Waals surface area contributed by atoms with Gasteiger partial charge in [0.2, 0.25) is 0 Å². The van der Waals surface area contributed by atoms with Crippen LogP contribution in [-0.2, 0) is 0 Å². The van der Waals surface area contributed by atoms with E-state index in [4.69, 9.17) is 5.73 Å². The number of nitrogens with zero attached hydrogens (tertiary/aromatic N) is 2. The van der Waals surface area contributed by atoms with Crippen LogP contribution in [0.15, 0.2) is 0 Å². The number of likely N-dealkylation sites (N-methyl/N-ethyl adjacent to an activating group) is 1. The Hall–Kier alpha value is -0.450. The zero-order valence-electron chi connectivity index (χ0n) is 11.2. The Morgan fingerprint density at radius 1 is 1.47 bits per heavy atom. The lowest BCUT2D eigenvalue weighted by Gasteiger charge is -2.32. The summed E-state index contributed by atoms with van der Waals surface area (Å²) in [4.78, 5) is 8.42. The predicted octanol–water partition coefficient (Wildman–Crippen LogP) is 2.49. The van der Waals surface area contributed by atoms with Crippen LogP contribution >= 0.6 is 11.3 Å². The van der Waals surface area contributed by atoms with Gasteiger partial charge in [0, 0.05) is 17.5 Å². The molecule has 17 heavy (non-hydrogen) atoms. The molecule has 0 spiro atoms. The van der Waals surface area contributed by atoms with Gasteiger partial charge in [-0.2, -0.15) is 0 Å². The third-order valence-corrected chi connectivity index (χ3v) is 4.78. The van der Waals surface area contributed by atoms with Crippen molar-refractivity contribution in [1.82, 2.24) is 9.88 Å². The van der Waals surface area contributed by atoms with Crippen LogP contribution in [0.5, 0.6) is 0 Å². The van der Waals surface area contributed by atoms with E-state index in [1.807, 2.05) is 0 Å². The van der Waals surface area contributed by atoms with Gasteiger partial charge in [0.25, 0.3) is 0 Å². The van der Waals surface area contributed by atoms with Crippen LogP contribution in [-0.4, -0.2) is 29.5 Å². The third kappa shape index (κ3) is 2.69. The second-order valence-electron chi connectivity index (χ2n) is 5.16. The van der Waals surface area contributed by atoms with Crippen molar-refractivity contribution in [1.29, 1.82) is 0 Å². The molecule has 0 aliphatic heterocycles. The van der Waals surface area contributed by atoms with E-state index in [1.165, 1.54) is 23.4 Å². The van der Waals surface area contributed by atoms with Gasteiger partial charge in [0.15, 0.2) is 0 Å². The summed E-state index contributed by atoms with van der Waals surface area (Å²) < 4.78 is 0. The minimum atomic E-state index is 0.370. The van der Waals surface area contributed by atoms with Gasteiger partial charge >= 0.3 is 0 Å². The van der Waals surface area contributed by atoms with E-state index in [0.717, 1.165) is 17.5 Å². The van der Waals surface area contributed by atoms with Crippen LogP contribution in [0, 0.1) is 19.8 Å². The number of aromatic nitrogens is 1. The summed E-state index contributed by atoms with van der Waals surface area (Å²) in [6.07, 6.45) is 2.68. The Labute approximate surface area is 108 Å². The standard InChI is InChI=1S/C13H23N3S/c1-8(13-9(2)17-10(3)15-13)16(4)12(7-14)11-5-6-11/h8,11-12H,5-7,14H2,1-4H3. The fraction of sp³-hybridized carbons (Fsp3) is 0.769. The number of hydrogen-bond donors (Lipinski definition) is 1. The number of hydrogen-bond acceptors (Lipinski definition) is 4. The van der Waals surface area contributed by atoms with E-state index >= 15 is 0 Å². The van der Waals surface area contributed by atoms with Gasteiger partial charge in [-0.05, 0) is 46.6 Å². The molecule has 0 amide bonds. The Morgan fingerprint density at radius 2 is 2.12 bits per heavy atom. The van der Waals surface area contributed by atoms with E-state index in [2.05, 4.69) is 37.7 Å². The van der Waals surface area contributed by atoms with Gasteiger partial charge in [0.1, 0.15) is 0 Å². The maximum absolute atomic E-state index is 5.91. The molecule has 2 atom stereocenters. The summed E-state index contributed by atoms with van der Waals surface area (Å²) in [7, 11) is 2.19. The lowest BCUT2D eigenvalue weighted by atomic mass is 10.1. The monoisotopic (exact) mass is 253 g/mol. The van der Waals surface area contributed by atoms with E-state index in [9.17, 15) is 0 Å². The Bertz CT molecular complexity index is 384. The fourth-order valence-corrected chi connectivity index (χ4v) is 3.49. The second-order valence-corrected chi connectivity index (χ2v) is 6.56. The molecule has 1 fully saturated rings. The summed E-state index contributed by atoms with van der Waals surface area (Å²) in [6, 6.07) is 0.889. The van der Waals surface area contributed by atoms with Crippen molar-refractivity contribution >= 4 is 11.3 Å². The van der Waals surface area contributed by atoms with Gasteiger partial charge in [-0.3, -0.25) is 4.90 Å². The van der Waals surface area contributed by atoms with Gasteiger partial charge in [-0.15, -0.1) is 11.3 Å². The lowest BCUT2D eigenvalue weighted by molar-refractivity contribution is 0.167. The van der Waals surface area contributed by atoms with Crippen molar-refractivity contribution in [3.8, 4) is 0 Å². The molecule has 1 aliphatic carbocycles. The van der Waals surface area contributed by atoms with Crippen molar-refractivity contribution in [2.45, 2.75) is 45.7 Å². The van der Waals surface area contributed by atoms with Crippen LogP contribution < -0.4 is 5.73 Å². The zero-order valence-corrected chi connectivity index (χ0v) is 12.0. The highest BCUT2D eigenvalue weighted by Crippen LogP contribution is 2.37. The van der Waals surface area contributed by atoms with Crippen molar-refractivity contribution < 1.29 is 0 Å². The topological polar surface area (TPSA) is 42.2 Å². The largest absolute Gasteiger partial charge is 0.329 e. The molecule has 96 valence electrons. The van der Waals surface area contributed by atoms with Crippen LogP contribution in [0.4, 0.5) is 0 Å². The maximum atomic E-state index is 5.91. The molecular weight excluding hydrogens is 230 g/mol. The average Bonchev–Trinajstić information content (AvgIpc) is 3.04. The van der Waals surface area contributed by atoms with E-state index in [0.29, 0.717) is 12.1 Å². The van der Waals surface area contributed by atoms with E-state index in [1.54, 1.807) is 11.3 Å². The van der Waals surface area contributed by atoms with Crippen LogP contribution in [0.2, 0.25) is 0 Å². The number of rotatable bonds is 5. The smallest absolute Gasteiger partial charge is 0.0900 e. The number of thiazole rings is 1. The van der Waals surface area contributed by atoms with E-state index < -0.39 is 0 Å². The van der Waals surface area contributed by atoms with Crippen LogP contribution in [0.3, 0.4) is 0 Å². The first-order valence-electron chi connectivity index (χ1n) is 6.40. The molecule has 4 heteroatoms. The van der Waals surface area contributed by atoms with Gasteiger partial charge < -0.3 is 5.73 Å². The second kappa shape index (κ2) is 5.04. The molecule has 1 aliphatic rings. The minimum Gasteiger partial charge on any atom is -0.329 e. The highest BCUT2D eigenvalue weighted by atomic mass is 32.1. The Kier molecular flexibility index (Phi) is 3.85. The van der Waals surface area contributed by atoms with Gasteiger partial charge in [0.05, 0.1) is 16.7 Å². The minimum absolute atomic E-state index is 0.370. The molecule has 1 heterocycles. The highest BCUT2D eigenvalue weighted by molar-refractivity contribution is 7.11. The quantitative estimate of drug-likeness (QED) is 0.876. The molecule has 1 saturated carbocycles. The molecule has 2 unspecified atom stereocenters. The van der Waals surface area contributed by atoms with Gasteiger partial charge in [-0.1, -0.05) is 0 Å². The van der Waals surface area contributed by atoms with Crippen molar-refractivity contribution in [3.63, 3.8) is 0 Å². The third-order valence-electron chi connectivity index (χ3n) is 3.88. The maximum Gasteiger partial charge on any atom is 0.0900 e. The lowest BCUT2D eigenvalue weighted by Crippen LogP contribution is -2.41. The zero-order chi connectivity index (χ0) is 12.6. The molecule has 3 nitrogen and oxygen atoms in total. The van der Waals surface area contributed by atoms with Crippen molar-refractivity contribution in [3.05, 3.63) is 15.6 Å². The SMILES string of the molecule is Cc1nc(C(C)N(C)C(CN)C2CC2)c(C)s1. The first kappa shape index (κ1) is 13.0. The molecule has 2 rings (SSSR count). The average molecular weight is 253 g/mol. The number of aryl methyl sites for hydroxylation is 2. The summed E-state index contributed by atoms with van der Waals surface area (Å²) in [5, 5.41) is 1.16. The van der Waals surface area contributed by atoms with Gasteiger partial charge in [-0.25, -0.2) is 4.98 Å². The number of nitrogens with two attached hydrogens (primary N) is 1. The first-order valence-corrected chi connectivity index (χ1v) is 7.22. The van der Waals surface area contributed by atoms with Crippen molar-refractivity contribution in [2.75, 3.05) is 13.6 Å². The Morgan fingerprint density at radius 3 is 2.53 bits per heavy atom. The van der Waals surface area contributed by atoms with E-state index in [-0.39, 0.29) is 0 Å². The molecule has 0 aromatic carbocycles. The molecule has 0 bridgehead atoms. The predicted molar refractivity (Wildman–Crippen MR) is 73.3 cm³/mol.